The molecule has 132 valence electrons. The molecule has 1 aromatic carbocycles. The van der Waals surface area contributed by atoms with Gasteiger partial charge < -0.3 is 0 Å². The summed E-state index contributed by atoms with van der Waals surface area (Å²) in [5, 5.41) is 14.8. The summed E-state index contributed by atoms with van der Waals surface area (Å²) >= 11 is 4.49. The van der Waals surface area contributed by atoms with Gasteiger partial charge in [0.25, 0.3) is 17.5 Å². The van der Waals surface area contributed by atoms with Crippen LogP contribution < -0.4 is 10.9 Å². The zero-order valence-electron chi connectivity index (χ0n) is 12.9. The monoisotopic (exact) mass is 435 g/mol. The zero-order valence-corrected chi connectivity index (χ0v) is 15.3. The van der Waals surface area contributed by atoms with E-state index in [9.17, 15) is 19.7 Å². The Morgan fingerprint density at radius 2 is 1.77 bits per heavy atom. The second-order valence-electron chi connectivity index (χ2n) is 4.93. The minimum atomic E-state index is -0.588. The van der Waals surface area contributed by atoms with Crippen LogP contribution >= 0.6 is 27.3 Å². The molecular weight excluding hydrogens is 426 g/mol. The Balaban J connectivity index is 1.64. The maximum atomic E-state index is 12.1. The standard InChI is InChI=1S/C15H10BrN5O4S/c16-13-6-5-12(26-13)15(23)18-17-14(22)11-7-8-20(19-11)9-1-3-10(4-2-9)21(24)25/h1-8H,(H,17,22)(H,18,23). The predicted molar refractivity (Wildman–Crippen MR) is 97.2 cm³/mol. The molecule has 0 saturated carbocycles. The van der Waals surface area contributed by atoms with Crippen molar-refractivity contribution in [3.05, 3.63) is 73.1 Å². The fraction of sp³-hybridized carbons (Fsp3) is 0. The molecule has 0 aliphatic rings. The van der Waals surface area contributed by atoms with Gasteiger partial charge in [-0.05, 0) is 46.3 Å². The van der Waals surface area contributed by atoms with Gasteiger partial charge in [-0.1, -0.05) is 0 Å². The first kappa shape index (κ1) is 17.8. The number of hydrogen-bond acceptors (Lipinski definition) is 6. The van der Waals surface area contributed by atoms with Crippen molar-refractivity contribution in [3.63, 3.8) is 0 Å². The molecular formula is C15H10BrN5O4S. The second kappa shape index (κ2) is 7.45. The number of nitro benzene ring substituents is 1. The summed E-state index contributed by atoms with van der Waals surface area (Å²) in [6.45, 7) is 0. The molecule has 0 fully saturated rings. The lowest BCUT2D eigenvalue weighted by atomic mass is 10.3. The number of carbonyl (C=O) groups excluding carboxylic acids is 2. The Morgan fingerprint density at radius 1 is 1.08 bits per heavy atom. The molecule has 0 spiro atoms. The molecule has 2 heterocycles. The SMILES string of the molecule is O=C(NNC(=O)c1ccc(Br)s1)c1ccn(-c2ccc([N+](=O)[O-])cc2)n1. The topological polar surface area (TPSA) is 119 Å². The van der Waals surface area contributed by atoms with Crippen molar-refractivity contribution in [2.45, 2.75) is 0 Å². The minimum absolute atomic E-state index is 0.0400. The van der Waals surface area contributed by atoms with Crippen LogP contribution in [0.3, 0.4) is 0 Å². The zero-order chi connectivity index (χ0) is 18.7. The highest BCUT2D eigenvalue weighted by Crippen LogP contribution is 2.21. The summed E-state index contributed by atoms with van der Waals surface area (Å²) in [4.78, 5) is 34.6. The third kappa shape index (κ3) is 3.95. The molecule has 3 aromatic rings. The van der Waals surface area contributed by atoms with Gasteiger partial charge in [-0.3, -0.25) is 30.6 Å². The van der Waals surface area contributed by atoms with E-state index in [0.29, 0.717) is 10.6 Å². The lowest BCUT2D eigenvalue weighted by Gasteiger charge is -2.04. The van der Waals surface area contributed by atoms with Gasteiger partial charge >= 0.3 is 0 Å². The van der Waals surface area contributed by atoms with Crippen LogP contribution in [-0.2, 0) is 0 Å². The van der Waals surface area contributed by atoms with Crippen LogP contribution in [0.4, 0.5) is 5.69 Å². The first-order valence-electron chi connectivity index (χ1n) is 7.10. The van der Waals surface area contributed by atoms with Crippen LogP contribution in [0.15, 0.2) is 52.4 Å². The fourth-order valence-electron chi connectivity index (χ4n) is 1.99. The average Bonchev–Trinajstić information content (AvgIpc) is 3.29. The highest BCUT2D eigenvalue weighted by Gasteiger charge is 2.14. The van der Waals surface area contributed by atoms with E-state index in [1.54, 1.807) is 12.1 Å². The van der Waals surface area contributed by atoms with Crippen molar-refractivity contribution in [1.82, 2.24) is 20.6 Å². The van der Waals surface area contributed by atoms with Crippen LogP contribution in [0.5, 0.6) is 0 Å². The number of hydrazine groups is 1. The van der Waals surface area contributed by atoms with E-state index in [-0.39, 0.29) is 11.4 Å². The van der Waals surface area contributed by atoms with Crippen LogP contribution in [0.2, 0.25) is 0 Å². The van der Waals surface area contributed by atoms with Crippen molar-refractivity contribution < 1.29 is 14.5 Å². The molecule has 0 aliphatic heterocycles. The summed E-state index contributed by atoms with van der Waals surface area (Å²) in [7, 11) is 0. The first-order chi connectivity index (χ1) is 12.4. The molecule has 9 nitrogen and oxygen atoms in total. The number of halogens is 1. The van der Waals surface area contributed by atoms with E-state index in [1.807, 2.05) is 0 Å². The smallest absolute Gasteiger partial charge is 0.266 e. The number of non-ortho nitro benzene ring substituents is 1. The van der Waals surface area contributed by atoms with Crippen LogP contribution in [0.25, 0.3) is 5.69 Å². The van der Waals surface area contributed by atoms with E-state index >= 15 is 0 Å². The van der Waals surface area contributed by atoms with Gasteiger partial charge in [-0.25, -0.2) is 4.68 Å². The first-order valence-corrected chi connectivity index (χ1v) is 8.71. The molecule has 0 bridgehead atoms. The van der Waals surface area contributed by atoms with E-state index in [1.165, 1.54) is 52.5 Å². The molecule has 0 radical (unpaired) electrons. The van der Waals surface area contributed by atoms with Crippen LogP contribution in [0, 0.1) is 10.1 Å². The van der Waals surface area contributed by atoms with Gasteiger partial charge in [0, 0.05) is 18.3 Å². The molecule has 0 unspecified atom stereocenters. The molecule has 0 aliphatic carbocycles. The number of hydrogen-bond donors (Lipinski definition) is 2. The fourth-order valence-corrected chi connectivity index (χ4v) is 3.27. The molecule has 0 saturated heterocycles. The summed E-state index contributed by atoms with van der Waals surface area (Å²) in [5.41, 5.74) is 5.19. The Morgan fingerprint density at radius 3 is 2.38 bits per heavy atom. The predicted octanol–water partition coefficient (Wildman–Crippen LogP) is 2.68. The molecule has 3 rings (SSSR count). The highest BCUT2D eigenvalue weighted by molar-refractivity contribution is 9.11. The summed E-state index contributed by atoms with van der Waals surface area (Å²) in [5.74, 6) is -1.03. The molecule has 2 amide bonds. The number of benzene rings is 1. The number of nitrogens with one attached hydrogen (secondary N) is 2. The van der Waals surface area contributed by atoms with Crippen molar-refractivity contribution in [1.29, 1.82) is 0 Å². The Bertz CT molecular complexity index is 982. The van der Waals surface area contributed by atoms with Crippen LogP contribution in [0.1, 0.15) is 20.2 Å². The van der Waals surface area contributed by atoms with E-state index < -0.39 is 16.7 Å². The maximum absolute atomic E-state index is 12.1. The summed E-state index contributed by atoms with van der Waals surface area (Å²) in [6, 6.07) is 10.5. The van der Waals surface area contributed by atoms with Gasteiger partial charge in [0.15, 0.2) is 5.69 Å². The molecule has 0 atom stereocenters. The van der Waals surface area contributed by atoms with E-state index in [0.717, 1.165) is 3.79 Å². The van der Waals surface area contributed by atoms with Gasteiger partial charge in [-0.2, -0.15) is 5.10 Å². The molecule has 11 heteroatoms. The number of rotatable bonds is 4. The third-order valence-corrected chi connectivity index (χ3v) is 4.86. The van der Waals surface area contributed by atoms with Crippen LogP contribution in [-0.4, -0.2) is 26.5 Å². The minimum Gasteiger partial charge on any atom is -0.266 e. The lowest BCUT2D eigenvalue weighted by molar-refractivity contribution is -0.384. The summed E-state index contributed by atoms with van der Waals surface area (Å²) < 4.78 is 2.20. The number of nitrogens with zero attached hydrogens (tertiary/aromatic N) is 3. The lowest BCUT2D eigenvalue weighted by Crippen LogP contribution is -2.41. The quantitative estimate of drug-likeness (QED) is 0.482. The number of aromatic nitrogens is 2. The molecule has 26 heavy (non-hydrogen) atoms. The van der Waals surface area contributed by atoms with E-state index in [4.69, 9.17) is 0 Å². The van der Waals surface area contributed by atoms with Crippen molar-refractivity contribution >= 4 is 44.8 Å². The van der Waals surface area contributed by atoms with Crippen molar-refractivity contribution in [2.75, 3.05) is 0 Å². The normalized spacial score (nSPS) is 10.3. The van der Waals surface area contributed by atoms with Gasteiger partial charge in [0.2, 0.25) is 0 Å². The largest absolute Gasteiger partial charge is 0.290 e. The van der Waals surface area contributed by atoms with Crippen molar-refractivity contribution in [3.8, 4) is 5.69 Å². The number of nitro groups is 1. The highest BCUT2D eigenvalue weighted by atomic mass is 79.9. The van der Waals surface area contributed by atoms with Gasteiger partial charge in [-0.15, -0.1) is 11.3 Å². The molecule has 2 N–H and O–H groups in total. The van der Waals surface area contributed by atoms with Crippen molar-refractivity contribution in [2.24, 2.45) is 0 Å². The Hall–Kier alpha value is -3.05. The Kier molecular flexibility index (Phi) is 5.09. The molecule has 2 aromatic heterocycles. The average molecular weight is 436 g/mol. The second-order valence-corrected chi connectivity index (χ2v) is 7.39. The maximum Gasteiger partial charge on any atom is 0.290 e. The number of carbonyl (C=O) groups is 2. The third-order valence-electron chi connectivity index (χ3n) is 3.23. The number of amides is 2. The van der Waals surface area contributed by atoms with Gasteiger partial charge in [0.05, 0.1) is 19.3 Å². The summed E-state index contributed by atoms with van der Waals surface area (Å²) in [6.07, 6.45) is 1.54. The van der Waals surface area contributed by atoms with E-state index in [2.05, 4.69) is 31.9 Å². The number of thiophene rings is 1. The Labute approximate surface area is 158 Å². The van der Waals surface area contributed by atoms with Gasteiger partial charge in [0.1, 0.15) is 0 Å².